The summed E-state index contributed by atoms with van der Waals surface area (Å²) in [5, 5.41) is 24.6. The molecular weight excluding hydrogens is 368 g/mol. The number of benzene rings is 2. The number of phenolic OH excluding ortho intramolecular Hbond substituents is 1. The molecule has 3 aromatic rings. The normalized spacial score (nSPS) is 11.4. The number of H-pyrrole nitrogens is 1. The summed E-state index contributed by atoms with van der Waals surface area (Å²) in [4.78, 5) is 12.3. The van der Waals surface area contributed by atoms with Crippen LogP contribution in [0.3, 0.4) is 0 Å². The molecule has 5 N–H and O–H groups in total. The van der Waals surface area contributed by atoms with Crippen molar-refractivity contribution in [2.24, 2.45) is 5.14 Å². The molecule has 0 aliphatic carbocycles. The number of nitrogens with zero attached hydrogens (tertiary/aromatic N) is 1. The largest absolute Gasteiger partial charge is 0.507 e. The summed E-state index contributed by atoms with van der Waals surface area (Å²) in [6, 6.07) is 10.6. The maximum atomic E-state index is 12.4. The van der Waals surface area contributed by atoms with E-state index in [9.17, 15) is 18.3 Å². The molecule has 0 spiro atoms. The molecule has 0 aliphatic rings. The van der Waals surface area contributed by atoms with Crippen molar-refractivity contribution in [2.45, 2.75) is 18.7 Å². The first kappa shape index (κ1) is 18.6. The van der Waals surface area contributed by atoms with Crippen molar-refractivity contribution in [3.8, 4) is 17.0 Å². The summed E-state index contributed by atoms with van der Waals surface area (Å²) in [6.07, 6.45) is 0. The highest BCUT2D eigenvalue weighted by Crippen LogP contribution is 2.32. The first-order valence-corrected chi connectivity index (χ1v) is 9.50. The molecule has 27 heavy (non-hydrogen) atoms. The molecule has 0 atom stereocenters. The number of primary sulfonamides is 1. The SMILES string of the molecule is Cc1cc(C)c(O)c(-c2cc(C(=O)Nc3ccc(S(N)(=O)=O)cc3)[nH]n2)c1. The molecule has 2 aromatic carbocycles. The van der Waals surface area contributed by atoms with Gasteiger partial charge in [-0.3, -0.25) is 9.89 Å². The van der Waals surface area contributed by atoms with Gasteiger partial charge >= 0.3 is 0 Å². The number of rotatable bonds is 4. The summed E-state index contributed by atoms with van der Waals surface area (Å²) in [7, 11) is -3.79. The Morgan fingerprint density at radius 3 is 2.44 bits per heavy atom. The van der Waals surface area contributed by atoms with Crippen LogP contribution in [0.2, 0.25) is 0 Å². The minimum Gasteiger partial charge on any atom is -0.507 e. The number of nitrogens with two attached hydrogens (primary N) is 1. The minimum atomic E-state index is -3.79. The van der Waals surface area contributed by atoms with Crippen LogP contribution >= 0.6 is 0 Å². The molecule has 0 fully saturated rings. The Labute approximate surface area is 156 Å². The summed E-state index contributed by atoms with van der Waals surface area (Å²) in [6.45, 7) is 3.69. The minimum absolute atomic E-state index is 0.0467. The summed E-state index contributed by atoms with van der Waals surface area (Å²) < 4.78 is 22.5. The van der Waals surface area contributed by atoms with E-state index in [4.69, 9.17) is 5.14 Å². The number of sulfonamides is 1. The van der Waals surface area contributed by atoms with Crippen LogP contribution in [0.25, 0.3) is 11.3 Å². The number of phenols is 1. The van der Waals surface area contributed by atoms with Crippen LogP contribution in [-0.4, -0.2) is 29.6 Å². The van der Waals surface area contributed by atoms with Crippen molar-refractivity contribution in [3.63, 3.8) is 0 Å². The fourth-order valence-electron chi connectivity index (χ4n) is 2.66. The van der Waals surface area contributed by atoms with Gasteiger partial charge in [-0.25, -0.2) is 13.6 Å². The highest BCUT2D eigenvalue weighted by molar-refractivity contribution is 7.89. The van der Waals surface area contributed by atoms with Gasteiger partial charge in [0.25, 0.3) is 5.91 Å². The number of nitrogens with one attached hydrogen (secondary N) is 2. The van der Waals surface area contributed by atoms with E-state index in [0.29, 0.717) is 22.5 Å². The van der Waals surface area contributed by atoms with Gasteiger partial charge in [-0.2, -0.15) is 5.10 Å². The molecule has 0 unspecified atom stereocenters. The lowest BCUT2D eigenvalue weighted by Crippen LogP contribution is -2.14. The van der Waals surface area contributed by atoms with Crippen molar-refractivity contribution in [3.05, 3.63) is 59.3 Å². The van der Waals surface area contributed by atoms with Gasteiger partial charge in [0.2, 0.25) is 10.0 Å². The molecule has 1 aromatic heterocycles. The van der Waals surface area contributed by atoms with Crippen LogP contribution in [0, 0.1) is 13.8 Å². The number of aromatic nitrogens is 2. The zero-order chi connectivity index (χ0) is 19.8. The van der Waals surface area contributed by atoms with E-state index in [1.54, 1.807) is 13.0 Å². The molecule has 140 valence electrons. The van der Waals surface area contributed by atoms with E-state index in [-0.39, 0.29) is 16.3 Å². The monoisotopic (exact) mass is 386 g/mol. The third-order valence-corrected chi connectivity index (χ3v) is 4.91. The molecule has 0 radical (unpaired) electrons. The average molecular weight is 386 g/mol. The zero-order valence-electron chi connectivity index (χ0n) is 14.6. The van der Waals surface area contributed by atoms with E-state index in [1.807, 2.05) is 13.0 Å². The Bertz CT molecular complexity index is 1120. The van der Waals surface area contributed by atoms with Crippen LogP contribution in [0.5, 0.6) is 5.75 Å². The van der Waals surface area contributed by atoms with Gasteiger partial charge in [0, 0.05) is 11.3 Å². The number of amides is 1. The van der Waals surface area contributed by atoms with E-state index < -0.39 is 15.9 Å². The Balaban J connectivity index is 1.82. The van der Waals surface area contributed by atoms with E-state index >= 15 is 0 Å². The predicted molar refractivity (Wildman–Crippen MR) is 101 cm³/mol. The van der Waals surface area contributed by atoms with Crippen LogP contribution in [-0.2, 0) is 10.0 Å². The Morgan fingerprint density at radius 2 is 1.81 bits per heavy atom. The molecule has 0 aliphatic heterocycles. The van der Waals surface area contributed by atoms with Crippen molar-refractivity contribution in [1.82, 2.24) is 10.2 Å². The van der Waals surface area contributed by atoms with Crippen LogP contribution in [0.4, 0.5) is 5.69 Å². The van der Waals surface area contributed by atoms with E-state index in [2.05, 4.69) is 15.5 Å². The molecule has 0 bridgehead atoms. The topological polar surface area (TPSA) is 138 Å². The summed E-state index contributed by atoms with van der Waals surface area (Å²) in [5.41, 5.74) is 3.24. The number of hydrogen-bond donors (Lipinski definition) is 4. The van der Waals surface area contributed by atoms with Gasteiger partial charge in [0.1, 0.15) is 11.4 Å². The summed E-state index contributed by atoms with van der Waals surface area (Å²) in [5.74, 6) is -0.349. The number of aryl methyl sites for hydroxylation is 2. The third kappa shape index (κ3) is 3.99. The maximum Gasteiger partial charge on any atom is 0.273 e. The number of anilines is 1. The number of carbonyl (C=O) groups excluding carboxylic acids is 1. The first-order valence-electron chi connectivity index (χ1n) is 7.95. The molecule has 0 saturated carbocycles. The molecular formula is C18H18N4O4S. The molecule has 3 rings (SSSR count). The standard InChI is InChI=1S/C18H18N4O4S/c1-10-7-11(2)17(23)14(8-10)15-9-16(22-21-15)18(24)20-12-3-5-13(6-4-12)27(19,25)26/h3-9,23H,1-2H3,(H,20,24)(H,21,22)(H2,19,25,26). The van der Waals surface area contributed by atoms with Crippen LogP contribution < -0.4 is 10.5 Å². The second-order valence-electron chi connectivity index (χ2n) is 6.17. The van der Waals surface area contributed by atoms with Gasteiger partial charge in [0.15, 0.2) is 0 Å². The number of aromatic hydroxyl groups is 1. The smallest absolute Gasteiger partial charge is 0.273 e. The lowest BCUT2D eigenvalue weighted by Gasteiger charge is -2.06. The van der Waals surface area contributed by atoms with Gasteiger partial charge in [-0.1, -0.05) is 6.07 Å². The number of aromatic amines is 1. The molecule has 8 nitrogen and oxygen atoms in total. The van der Waals surface area contributed by atoms with Crippen molar-refractivity contribution >= 4 is 21.6 Å². The summed E-state index contributed by atoms with van der Waals surface area (Å²) >= 11 is 0. The third-order valence-electron chi connectivity index (χ3n) is 3.98. The van der Waals surface area contributed by atoms with Crippen molar-refractivity contribution in [2.75, 3.05) is 5.32 Å². The number of carbonyl (C=O) groups is 1. The van der Waals surface area contributed by atoms with Gasteiger partial charge in [-0.15, -0.1) is 0 Å². The Hall–Kier alpha value is -3.17. The maximum absolute atomic E-state index is 12.4. The lowest BCUT2D eigenvalue weighted by atomic mass is 10.0. The molecule has 9 heteroatoms. The van der Waals surface area contributed by atoms with Gasteiger partial charge in [0.05, 0.1) is 10.6 Å². The van der Waals surface area contributed by atoms with Gasteiger partial charge in [-0.05, 0) is 61.4 Å². The predicted octanol–water partition coefficient (Wildman–Crippen LogP) is 2.30. The van der Waals surface area contributed by atoms with Crippen LogP contribution in [0.1, 0.15) is 21.6 Å². The average Bonchev–Trinajstić information content (AvgIpc) is 3.08. The van der Waals surface area contributed by atoms with Gasteiger partial charge < -0.3 is 10.4 Å². The quantitative estimate of drug-likeness (QED) is 0.545. The van der Waals surface area contributed by atoms with Crippen molar-refractivity contribution in [1.29, 1.82) is 0 Å². The van der Waals surface area contributed by atoms with E-state index in [0.717, 1.165) is 5.56 Å². The Morgan fingerprint density at radius 1 is 1.15 bits per heavy atom. The lowest BCUT2D eigenvalue weighted by molar-refractivity contribution is 0.102. The molecule has 0 saturated heterocycles. The molecule has 1 heterocycles. The molecule has 1 amide bonds. The second kappa shape index (κ2) is 6.86. The highest BCUT2D eigenvalue weighted by atomic mass is 32.2. The highest BCUT2D eigenvalue weighted by Gasteiger charge is 2.15. The van der Waals surface area contributed by atoms with Crippen LogP contribution in [0.15, 0.2) is 47.4 Å². The van der Waals surface area contributed by atoms with Crippen molar-refractivity contribution < 1.29 is 18.3 Å². The van der Waals surface area contributed by atoms with E-state index in [1.165, 1.54) is 30.3 Å². The fraction of sp³-hybridized carbons (Fsp3) is 0.111. The zero-order valence-corrected chi connectivity index (χ0v) is 15.5. The number of hydrogen-bond acceptors (Lipinski definition) is 5. The Kier molecular flexibility index (Phi) is 4.73. The fourth-order valence-corrected chi connectivity index (χ4v) is 3.17. The first-order chi connectivity index (χ1) is 12.6. The second-order valence-corrected chi connectivity index (χ2v) is 7.73.